The molecule has 1 heterocycles. The molecule has 0 saturated carbocycles. The van der Waals surface area contributed by atoms with E-state index < -0.39 is 0 Å². The highest BCUT2D eigenvalue weighted by molar-refractivity contribution is 5.31. The highest BCUT2D eigenvalue weighted by Gasteiger charge is 2.20. The van der Waals surface area contributed by atoms with Crippen LogP contribution in [0.1, 0.15) is 55.8 Å². The van der Waals surface area contributed by atoms with Crippen LogP contribution in [0.3, 0.4) is 0 Å². The second kappa shape index (κ2) is 7.95. The maximum atomic E-state index is 3.76. The van der Waals surface area contributed by atoms with E-state index in [0.717, 1.165) is 19.0 Å². The Balaban J connectivity index is 2.09. The average Bonchev–Trinajstić information content (AvgIpc) is 2.42. The summed E-state index contributed by atoms with van der Waals surface area (Å²) in [6.45, 7) is 13.8. The summed E-state index contributed by atoms with van der Waals surface area (Å²) in [4.78, 5) is 2.65. The van der Waals surface area contributed by atoms with Crippen molar-refractivity contribution in [2.75, 3.05) is 26.2 Å². The molecule has 1 aromatic carbocycles. The van der Waals surface area contributed by atoms with Crippen molar-refractivity contribution < 1.29 is 0 Å². The van der Waals surface area contributed by atoms with Crippen molar-refractivity contribution in [2.24, 2.45) is 5.92 Å². The lowest BCUT2D eigenvalue weighted by Gasteiger charge is -2.34. The van der Waals surface area contributed by atoms with Gasteiger partial charge in [-0.2, -0.15) is 0 Å². The lowest BCUT2D eigenvalue weighted by molar-refractivity contribution is 0.167. The van der Waals surface area contributed by atoms with Crippen LogP contribution in [0.2, 0.25) is 0 Å². The first-order chi connectivity index (χ1) is 10.1. The monoisotopic (exact) mass is 288 g/mol. The Morgan fingerprint density at radius 3 is 2.57 bits per heavy atom. The third-order valence-corrected chi connectivity index (χ3v) is 4.47. The highest BCUT2D eigenvalue weighted by atomic mass is 15.2. The number of benzene rings is 1. The summed E-state index contributed by atoms with van der Waals surface area (Å²) in [6, 6.07) is 7.44. The molecule has 2 heteroatoms. The fourth-order valence-electron chi connectivity index (χ4n) is 3.53. The van der Waals surface area contributed by atoms with Crippen molar-refractivity contribution >= 4 is 0 Å². The predicted octanol–water partition coefficient (Wildman–Crippen LogP) is 4.08. The highest BCUT2D eigenvalue weighted by Crippen LogP contribution is 2.22. The standard InChI is InChI=1S/C19H32N2/c1-5-8-20-19(14-21-9-6-7-15(2)13-21)18-11-16(3)10-17(4)12-18/h10-12,15,19-20H,5-9,13-14H2,1-4H3. The third kappa shape index (κ3) is 5.12. The van der Waals surface area contributed by atoms with E-state index >= 15 is 0 Å². The average molecular weight is 288 g/mol. The van der Waals surface area contributed by atoms with Gasteiger partial charge in [-0.25, -0.2) is 0 Å². The Labute approximate surface area is 130 Å². The van der Waals surface area contributed by atoms with Crippen LogP contribution in [-0.4, -0.2) is 31.1 Å². The minimum atomic E-state index is 0.467. The maximum Gasteiger partial charge on any atom is 0.0449 e. The number of nitrogens with zero attached hydrogens (tertiary/aromatic N) is 1. The van der Waals surface area contributed by atoms with Crippen LogP contribution in [0.4, 0.5) is 0 Å². The van der Waals surface area contributed by atoms with Crippen molar-refractivity contribution in [1.29, 1.82) is 0 Å². The molecule has 0 radical (unpaired) electrons. The molecule has 1 fully saturated rings. The Morgan fingerprint density at radius 1 is 1.24 bits per heavy atom. The van der Waals surface area contributed by atoms with Crippen molar-refractivity contribution in [2.45, 2.75) is 53.0 Å². The fourth-order valence-corrected chi connectivity index (χ4v) is 3.53. The van der Waals surface area contributed by atoms with Crippen molar-refractivity contribution in [3.63, 3.8) is 0 Å². The molecule has 118 valence electrons. The molecule has 21 heavy (non-hydrogen) atoms. The van der Waals surface area contributed by atoms with Crippen LogP contribution in [-0.2, 0) is 0 Å². The maximum absolute atomic E-state index is 3.76. The first kappa shape index (κ1) is 16.5. The van der Waals surface area contributed by atoms with Crippen LogP contribution in [0.25, 0.3) is 0 Å². The zero-order chi connectivity index (χ0) is 15.2. The topological polar surface area (TPSA) is 15.3 Å². The molecule has 1 aliphatic rings. The van der Waals surface area contributed by atoms with Gasteiger partial charge in [0, 0.05) is 19.1 Å². The minimum Gasteiger partial charge on any atom is -0.309 e. The van der Waals surface area contributed by atoms with Gasteiger partial charge in [-0.1, -0.05) is 43.2 Å². The number of piperidine rings is 1. The number of likely N-dealkylation sites (tertiary alicyclic amines) is 1. The summed E-state index contributed by atoms with van der Waals surface area (Å²) >= 11 is 0. The number of rotatable bonds is 6. The van der Waals surface area contributed by atoms with E-state index in [0.29, 0.717) is 6.04 Å². The molecule has 1 aliphatic heterocycles. The van der Waals surface area contributed by atoms with E-state index in [1.165, 1.54) is 49.0 Å². The Kier molecular flexibility index (Phi) is 6.25. The van der Waals surface area contributed by atoms with E-state index in [1.54, 1.807) is 0 Å². The van der Waals surface area contributed by atoms with Gasteiger partial charge >= 0.3 is 0 Å². The summed E-state index contributed by atoms with van der Waals surface area (Å²) in [6.07, 6.45) is 3.94. The molecular weight excluding hydrogens is 256 g/mol. The van der Waals surface area contributed by atoms with E-state index in [9.17, 15) is 0 Å². The first-order valence-corrected chi connectivity index (χ1v) is 8.62. The molecule has 0 aliphatic carbocycles. The third-order valence-electron chi connectivity index (χ3n) is 4.47. The molecule has 1 N–H and O–H groups in total. The van der Waals surface area contributed by atoms with Crippen molar-refractivity contribution in [3.8, 4) is 0 Å². The summed E-state index contributed by atoms with van der Waals surface area (Å²) < 4.78 is 0. The number of hydrogen-bond acceptors (Lipinski definition) is 2. The van der Waals surface area contributed by atoms with Crippen molar-refractivity contribution in [3.05, 3.63) is 34.9 Å². The number of aryl methyl sites for hydroxylation is 2. The molecule has 1 saturated heterocycles. The first-order valence-electron chi connectivity index (χ1n) is 8.62. The summed E-state index contributed by atoms with van der Waals surface area (Å²) in [7, 11) is 0. The van der Waals surface area contributed by atoms with Gasteiger partial charge in [-0.05, 0) is 57.7 Å². The van der Waals surface area contributed by atoms with Crippen molar-refractivity contribution in [1.82, 2.24) is 10.2 Å². The zero-order valence-electron chi connectivity index (χ0n) is 14.3. The smallest absolute Gasteiger partial charge is 0.0449 e. The fraction of sp³-hybridized carbons (Fsp3) is 0.684. The minimum absolute atomic E-state index is 0.467. The van der Waals surface area contributed by atoms with Gasteiger partial charge in [-0.3, -0.25) is 0 Å². The molecule has 2 nitrogen and oxygen atoms in total. The number of hydrogen-bond donors (Lipinski definition) is 1. The van der Waals surface area contributed by atoms with E-state index in [2.05, 4.69) is 56.1 Å². The molecule has 2 unspecified atom stereocenters. The van der Waals surface area contributed by atoms with Gasteiger partial charge in [-0.15, -0.1) is 0 Å². The normalized spacial score (nSPS) is 21.4. The summed E-state index contributed by atoms with van der Waals surface area (Å²) in [5, 5.41) is 3.76. The van der Waals surface area contributed by atoms with Crippen LogP contribution >= 0.6 is 0 Å². The van der Waals surface area contributed by atoms with E-state index in [1.807, 2.05) is 0 Å². The molecule has 1 aromatic rings. The molecule has 2 rings (SSSR count). The van der Waals surface area contributed by atoms with Gasteiger partial charge in [0.15, 0.2) is 0 Å². The second-order valence-corrected chi connectivity index (χ2v) is 6.93. The van der Waals surface area contributed by atoms with E-state index in [4.69, 9.17) is 0 Å². The lowest BCUT2D eigenvalue weighted by Crippen LogP contribution is -2.40. The van der Waals surface area contributed by atoms with Gasteiger partial charge < -0.3 is 10.2 Å². The molecule has 2 atom stereocenters. The van der Waals surface area contributed by atoms with Gasteiger partial charge in [0.2, 0.25) is 0 Å². The zero-order valence-corrected chi connectivity index (χ0v) is 14.3. The van der Waals surface area contributed by atoms with Crippen LogP contribution < -0.4 is 5.32 Å². The molecular formula is C19H32N2. The van der Waals surface area contributed by atoms with Crippen LogP contribution in [0, 0.1) is 19.8 Å². The molecule has 0 amide bonds. The molecule has 0 aromatic heterocycles. The Bertz CT molecular complexity index is 421. The molecule has 0 spiro atoms. The lowest BCUT2D eigenvalue weighted by atomic mass is 9.97. The van der Waals surface area contributed by atoms with Crippen LogP contribution in [0.15, 0.2) is 18.2 Å². The predicted molar refractivity (Wildman–Crippen MR) is 91.8 cm³/mol. The Morgan fingerprint density at radius 2 is 1.95 bits per heavy atom. The van der Waals surface area contributed by atoms with Gasteiger partial charge in [0.05, 0.1) is 0 Å². The molecule has 0 bridgehead atoms. The van der Waals surface area contributed by atoms with Crippen LogP contribution in [0.5, 0.6) is 0 Å². The summed E-state index contributed by atoms with van der Waals surface area (Å²) in [5.41, 5.74) is 4.21. The quantitative estimate of drug-likeness (QED) is 0.848. The Hall–Kier alpha value is -0.860. The van der Waals surface area contributed by atoms with E-state index in [-0.39, 0.29) is 0 Å². The SMILES string of the molecule is CCCNC(CN1CCCC(C)C1)c1cc(C)cc(C)c1. The van der Waals surface area contributed by atoms with Gasteiger partial charge in [0.25, 0.3) is 0 Å². The number of nitrogens with one attached hydrogen (secondary N) is 1. The van der Waals surface area contributed by atoms with Gasteiger partial charge in [0.1, 0.15) is 0 Å². The largest absolute Gasteiger partial charge is 0.309 e. The summed E-state index contributed by atoms with van der Waals surface area (Å²) in [5.74, 6) is 0.852. The second-order valence-electron chi connectivity index (χ2n) is 6.93.